The summed E-state index contributed by atoms with van der Waals surface area (Å²) in [7, 11) is 0. The minimum Gasteiger partial charge on any atom is -0.484 e. The molecule has 0 aromatic heterocycles. The maximum atomic E-state index is 10.6. The van der Waals surface area contributed by atoms with Crippen LogP contribution in [0.3, 0.4) is 0 Å². The number of carbonyl (C=O) groups is 1. The summed E-state index contributed by atoms with van der Waals surface area (Å²) in [5.74, 6) is 1.22. The molecule has 1 saturated carbocycles. The highest BCUT2D eigenvalue weighted by molar-refractivity contribution is 5.75. The van der Waals surface area contributed by atoms with Gasteiger partial charge in [0, 0.05) is 13.2 Å². The van der Waals surface area contributed by atoms with Crippen LogP contribution in [-0.2, 0) is 11.3 Å². The molecule has 2 atom stereocenters. The van der Waals surface area contributed by atoms with Crippen molar-refractivity contribution in [1.82, 2.24) is 5.32 Å². The number of carbonyl (C=O) groups excluding carboxylic acids is 1. The van der Waals surface area contributed by atoms with Crippen molar-refractivity contribution in [3.63, 3.8) is 0 Å². The summed E-state index contributed by atoms with van der Waals surface area (Å²) in [6.07, 6.45) is 3.58. The lowest BCUT2D eigenvalue weighted by Crippen LogP contribution is -2.26. The average Bonchev–Trinajstić information content (AvgIpc) is 2.94. The third-order valence-electron chi connectivity index (χ3n) is 4.09. The van der Waals surface area contributed by atoms with E-state index < -0.39 is 5.91 Å². The van der Waals surface area contributed by atoms with Gasteiger partial charge in [-0.05, 0) is 48.9 Å². The van der Waals surface area contributed by atoms with Gasteiger partial charge in [-0.15, -0.1) is 0 Å². The fraction of sp³-hybridized carbons (Fsp3) is 0.562. The van der Waals surface area contributed by atoms with E-state index in [0.29, 0.717) is 24.2 Å². The first-order valence-corrected chi connectivity index (χ1v) is 7.50. The summed E-state index contributed by atoms with van der Waals surface area (Å²) >= 11 is 0. The lowest BCUT2D eigenvalue weighted by molar-refractivity contribution is -0.119. The monoisotopic (exact) mass is 292 g/mol. The fourth-order valence-electron chi connectivity index (χ4n) is 2.88. The molecule has 5 nitrogen and oxygen atoms in total. The number of aliphatic hydroxyl groups is 1. The smallest absolute Gasteiger partial charge is 0.255 e. The standard InChI is InChI=1S/C16H24N2O3/c17-16(20)11-21-15-6-4-12(5-7-15)8-18-9-13-2-1-3-14(13)10-19/h4-7,13-14,18-19H,1-3,8-11H2,(H2,17,20). The van der Waals surface area contributed by atoms with Gasteiger partial charge in [0.1, 0.15) is 5.75 Å². The molecule has 0 radical (unpaired) electrons. The summed E-state index contributed by atoms with van der Waals surface area (Å²) in [5.41, 5.74) is 6.19. The molecule has 5 heteroatoms. The van der Waals surface area contributed by atoms with Crippen LogP contribution in [0.25, 0.3) is 0 Å². The lowest BCUT2D eigenvalue weighted by atomic mass is 9.97. The van der Waals surface area contributed by atoms with Gasteiger partial charge >= 0.3 is 0 Å². The molecule has 1 aromatic rings. The van der Waals surface area contributed by atoms with Crippen molar-refractivity contribution in [3.8, 4) is 5.75 Å². The Morgan fingerprint density at radius 3 is 2.67 bits per heavy atom. The van der Waals surface area contributed by atoms with E-state index in [1.54, 1.807) is 0 Å². The molecule has 1 aromatic carbocycles. The average molecular weight is 292 g/mol. The number of nitrogens with two attached hydrogens (primary N) is 1. The molecule has 116 valence electrons. The Kier molecular flexibility index (Phi) is 6.02. The second kappa shape index (κ2) is 8.00. The molecule has 1 amide bonds. The predicted octanol–water partition coefficient (Wildman–Crippen LogP) is 1.05. The van der Waals surface area contributed by atoms with Crippen LogP contribution < -0.4 is 15.8 Å². The third kappa shape index (κ3) is 5.02. The summed E-state index contributed by atoms with van der Waals surface area (Å²) < 4.78 is 5.21. The SMILES string of the molecule is NC(=O)COc1ccc(CNCC2CCCC2CO)cc1. The first-order valence-electron chi connectivity index (χ1n) is 7.50. The van der Waals surface area contributed by atoms with Gasteiger partial charge < -0.3 is 20.9 Å². The third-order valence-corrected chi connectivity index (χ3v) is 4.09. The van der Waals surface area contributed by atoms with Gasteiger partial charge in [-0.1, -0.05) is 18.6 Å². The van der Waals surface area contributed by atoms with E-state index in [1.807, 2.05) is 24.3 Å². The quantitative estimate of drug-likeness (QED) is 0.668. The molecule has 21 heavy (non-hydrogen) atoms. The Morgan fingerprint density at radius 2 is 2.00 bits per heavy atom. The van der Waals surface area contributed by atoms with Gasteiger partial charge in [-0.3, -0.25) is 4.79 Å². The van der Waals surface area contributed by atoms with Crippen molar-refractivity contribution >= 4 is 5.91 Å². The lowest BCUT2D eigenvalue weighted by Gasteiger charge is -2.17. The van der Waals surface area contributed by atoms with Gasteiger partial charge in [0.2, 0.25) is 0 Å². The van der Waals surface area contributed by atoms with Crippen LogP contribution in [0.1, 0.15) is 24.8 Å². The van der Waals surface area contributed by atoms with E-state index in [4.69, 9.17) is 10.5 Å². The molecule has 2 unspecified atom stereocenters. The molecule has 1 fully saturated rings. The van der Waals surface area contributed by atoms with Crippen LogP contribution in [0.5, 0.6) is 5.75 Å². The van der Waals surface area contributed by atoms with E-state index in [0.717, 1.165) is 19.5 Å². The topological polar surface area (TPSA) is 84.6 Å². The molecule has 0 heterocycles. The maximum Gasteiger partial charge on any atom is 0.255 e. The molecule has 0 spiro atoms. The zero-order valence-electron chi connectivity index (χ0n) is 12.3. The van der Waals surface area contributed by atoms with Gasteiger partial charge in [0.25, 0.3) is 5.91 Å². The van der Waals surface area contributed by atoms with Crippen molar-refractivity contribution in [3.05, 3.63) is 29.8 Å². The number of nitrogens with one attached hydrogen (secondary N) is 1. The zero-order chi connectivity index (χ0) is 15.1. The molecule has 0 saturated heterocycles. The molecule has 1 aliphatic rings. The van der Waals surface area contributed by atoms with Crippen LogP contribution >= 0.6 is 0 Å². The number of primary amides is 1. The van der Waals surface area contributed by atoms with E-state index in [2.05, 4.69) is 5.32 Å². The number of hydrogen-bond donors (Lipinski definition) is 3. The van der Waals surface area contributed by atoms with Crippen molar-refractivity contribution in [2.24, 2.45) is 17.6 Å². The summed E-state index contributed by atoms with van der Waals surface area (Å²) in [6.45, 7) is 1.95. The highest BCUT2D eigenvalue weighted by Gasteiger charge is 2.25. The number of aliphatic hydroxyl groups excluding tert-OH is 1. The highest BCUT2D eigenvalue weighted by Crippen LogP contribution is 2.30. The largest absolute Gasteiger partial charge is 0.484 e. The molecule has 2 rings (SSSR count). The fourth-order valence-corrected chi connectivity index (χ4v) is 2.88. The van der Waals surface area contributed by atoms with Crippen molar-refractivity contribution in [1.29, 1.82) is 0 Å². The Labute approximate surface area is 125 Å². The minimum atomic E-state index is -0.476. The second-order valence-electron chi connectivity index (χ2n) is 5.66. The van der Waals surface area contributed by atoms with Crippen LogP contribution in [0.15, 0.2) is 24.3 Å². The number of rotatable bonds is 8. The molecule has 1 aliphatic carbocycles. The molecule has 0 bridgehead atoms. The number of ether oxygens (including phenoxy) is 1. The first kappa shape index (κ1) is 15.8. The van der Waals surface area contributed by atoms with Gasteiger partial charge in [-0.2, -0.15) is 0 Å². The second-order valence-corrected chi connectivity index (χ2v) is 5.66. The van der Waals surface area contributed by atoms with Crippen molar-refractivity contribution in [2.45, 2.75) is 25.8 Å². The normalized spacial score (nSPS) is 21.4. The van der Waals surface area contributed by atoms with Crippen molar-refractivity contribution in [2.75, 3.05) is 19.8 Å². The Hall–Kier alpha value is -1.59. The van der Waals surface area contributed by atoms with Gasteiger partial charge in [0.15, 0.2) is 6.61 Å². The Bertz CT molecular complexity index is 447. The first-order chi connectivity index (χ1) is 10.2. The van der Waals surface area contributed by atoms with Crippen LogP contribution in [-0.4, -0.2) is 30.8 Å². The summed E-state index contributed by atoms with van der Waals surface area (Å²) in [6, 6.07) is 7.63. The van der Waals surface area contributed by atoms with E-state index >= 15 is 0 Å². The highest BCUT2D eigenvalue weighted by atomic mass is 16.5. The molecule has 4 N–H and O–H groups in total. The van der Waals surface area contributed by atoms with E-state index in [-0.39, 0.29) is 6.61 Å². The van der Waals surface area contributed by atoms with Crippen molar-refractivity contribution < 1.29 is 14.6 Å². The van der Waals surface area contributed by atoms with Crippen LogP contribution in [0, 0.1) is 11.8 Å². The Balaban J connectivity index is 1.72. The number of benzene rings is 1. The van der Waals surface area contributed by atoms with E-state index in [1.165, 1.54) is 18.4 Å². The molecule has 0 aliphatic heterocycles. The van der Waals surface area contributed by atoms with E-state index in [9.17, 15) is 9.90 Å². The predicted molar refractivity (Wildman–Crippen MR) is 80.8 cm³/mol. The van der Waals surface area contributed by atoms with Gasteiger partial charge in [-0.25, -0.2) is 0 Å². The molecular weight excluding hydrogens is 268 g/mol. The number of hydrogen-bond acceptors (Lipinski definition) is 4. The summed E-state index contributed by atoms with van der Waals surface area (Å²) in [5, 5.41) is 12.7. The van der Waals surface area contributed by atoms with Crippen LogP contribution in [0.2, 0.25) is 0 Å². The number of amides is 1. The zero-order valence-corrected chi connectivity index (χ0v) is 12.3. The minimum absolute atomic E-state index is 0.0954. The maximum absolute atomic E-state index is 10.6. The van der Waals surface area contributed by atoms with Crippen LogP contribution in [0.4, 0.5) is 0 Å². The summed E-state index contributed by atoms with van der Waals surface area (Å²) in [4.78, 5) is 10.6. The molecular formula is C16H24N2O3. The Morgan fingerprint density at radius 1 is 1.29 bits per heavy atom. The van der Waals surface area contributed by atoms with Gasteiger partial charge in [0.05, 0.1) is 0 Å².